The van der Waals surface area contributed by atoms with Crippen LogP contribution >= 0.6 is 11.6 Å². The summed E-state index contributed by atoms with van der Waals surface area (Å²) in [6, 6.07) is 12.2. The fraction of sp³-hybridized carbons (Fsp3) is 0.200. The van der Waals surface area contributed by atoms with Gasteiger partial charge in [0.1, 0.15) is 5.82 Å². The molecule has 0 heterocycles. The molecule has 2 rings (SSSR count). The lowest BCUT2D eigenvalue weighted by Crippen LogP contribution is -2.29. The second-order valence-corrected chi connectivity index (χ2v) is 4.77. The first-order chi connectivity index (χ1) is 9.15. The molecule has 1 unspecified atom stereocenters. The van der Waals surface area contributed by atoms with E-state index in [9.17, 15) is 4.39 Å². The average Bonchev–Trinajstić information content (AvgIpc) is 2.42. The Hall–Kier alpha value is -1.42. The lowest BCUT2D eigenvalue weighted by Gasteiger charge is -2.18. The van der Waals surface area contributed by atoms with Crippen molar-refractivity contribution in [2.75, 3.05) is 0 Å². The summed E-state index contributed by atoms with van der Waals surface area (Å²) in [5, 5.41) is 0.363. The van der Waals surface area contributed by atoms with E-state index in [0.29, 0.717) is 5.02 Å². The lowest BCUT2D eigenvalue weighted by molar-refractivity contribution is 0.615. The molecule has 0 aliphatic heterocycles. The van der Waals surface area contributed by atoms with Crippen molar-refractivity contribution in [1.82, 2.24) is 5.43 Å². The largest absolute Gasteiger partial charge is 0.271 e. The highest BCUT2D eigenvalue weighted by molar-refractivity contribution is 6.31. The molecular formula is C15H16ClFN2. The molecule has 0 aromatic heterocycles. The number of halogens is 2. The fourth-order valence-electron chi connectivity index (χ4n) is 2.05. The van der Waals surface area contributed by atoms with Gasteiger partial charge in [0.05, 0.1) is 6.04 Å². The zero-order valence-electron chi connectivity index (χ0n) is 10.7. The van der Waals surface area contributed by atoms with Gasteiger partial charge in [0.15, 0.2) is 0 Å². The van der Waals surface area contributed by atoms with E-state index in [4.69, 9.17) is 17.4 Å². The maximum absolute atomic E-state index is 13.1. The summed E-state index contributed by atoms with van der Waals surface area (Å²) in [5.74, 6) is 5.26. The molecule has 0 bridgehead atoms. The zero-order valence-corrected chi connectivity index (χ0v) is 11.4. The Morgan fingerprint density at radius 2 is 1.89 bits per heavy atom. The molecule has 1 atom stereocenters. The van der Waals surface area contributed by atoms with Crippen LogP contribution in [-0.2, 0) is 6.42 Å². The van der Waals surface area contributed by atoms with Crippen LogP contribution in [0.15, 0.2) is 42.5 Å². The maximum Gasteiger partial charge on any atom is 0.124 e. The van der Waals surface area contributed by atoms with Crippen LogP contribution in [0.3, 0.4) is 0 Å². The Labute approximate surface area is 117 Å². The van der Waals surface area contributed by atoms with Gasteiger partial charge in [-0.1, -0.05) is 48.9 Å². The molecule has 0 aliphatic rings. The number of nitrogens with two attached hydrogens (primary N) is 1. The summed E-state index contributed by atoms with van der Waals surface area (Å²) in [6.45, 7) is 2.10. The third-order valence-corrected chi connectivity index (χ3v) is 3.49. The highest BCUT2D eigenvalue weighted by Gasteiger charge is 2.15. The minimum atomic E-state index is -0.356. The highest BCUT2D eigenvalue weighted by Crippen LogP contribution is 2.28. The van der Waals surface area contributed by atoms with E-state index in [1.54, 1.807) is 6.07 Å². The summed E-state index contributed by atoms with van der Waals surface area (Å²) in [4.78, 5) is 0. The topological polar surface area (TPSA) is 38.0 Å². The molecule has 2 aromatic carbocycles. The van der Waals surface area contributed by atoms with Gasteiger partial charge in [-0.15, -0.1) is 0 Å². The second-order valence-electron chi connectivity index (χ2n) is 4.36. The number of aryl methyl sites for hydroxylation is 1. The Bertz CT molecular complexity index is 555. The molecule has 0 spiro atoms. The van der Waals surface area contributed by atoms with Gasteiger partial charge in [0.2, 0.25) is 0 Å². The molecule has 0 radical (unpaired) electrons. The molecule has 100 valence electrons. The molecule has 2 nitrogen and oxygen atoms in total. The van der Waals surface area contributed by atoms with E-state index in [-0.39, 0.29) is 11.9 Å². The van der Waals surface area contributed by atoms with Crippen LogP contribution in [0.4, 0.5) is 4.39 Å². The summed E-state index contributed by atoms with van der Waals surface area (Å²) >= 11 is 6.08. The van der Waals surface area contributed by atoms with Crippen molar-refractivity contribution >= 4 is 11.6 Å². The number of hydrogen-bond acceptors (Lipinski definition) is 2. The van der Waals surface area contributed by atoms with E-state index < -0.39 is 0 Å². The smallest absolute Gasteiger partial charge is 0.124 e. The van der Waals surface area contributed by atoms with Gasteiger partial charge in [0.25, 0.3) is 0 Å². The number of nitrogens with one attached hydrogen (secondary N) is 1. The normalized spacial score (nSPS) is 12.4. The zero-order chi connectivity index (χ0) is 13.8. The average molecular weight is 279 g/mol. The van der Waals surface area contributed by atoms with E-state index in [2.05, 4.69) is 24.5 Å². The molecule has 0 fully saturated rings. The standard InChI is InChI=1S/C15H16ClFN2/c1-2-10-3-5-11(6-4-10)15(19-18)13-8-7-12(17)9-14(13)16/h3-9,15,19H,2,18H2,1H3. The molecule has 4 heteroatoms. The summed E-state index contributed by atoms with van der Waals surface area (Å²) < 4.78 is 13.1. The fourth-order valence-corrected chi connectivity index (χ4v) is 2.32. The summed E-state index contributed by atoms with van der Waals surface area (Å²) in [6.07, 6.45) is 0.984. The van der Waals surface area contributed by atoms with Crippen LogP contribution in [0, 0.1) is 5.82 Å². The van der Waals surface area contributed by atoms with Gasteiger partial charge in [-0.3, -0.25) is 5.84 Å². The number of rotatable bonds is 4. The molecule has 2 aromatic rings. The Morgan fingerprint density at radius 1 is 1.21 bits per heavy atom. The third kappa shape index (κ3) is 3.13. The molecular weight excluding hydrogens is 263 g/mol. The summed E-state index contributed by atoms with van der Waals surface area (Å²) in [5.41, 5.74) is 5.73. The SMILES string of the molecule is CCc1ccc(C(NN)c2ccc(F)cc2Cl)cc1. The van der Waals surface area contributed by atoms with Gasteiger partial charge in [-0.2, -0.15) is 0 Å². The quantitative estimate of drug-likeness (QED) is 0.662. The molecule has 0 aliphatic carbocycles. The number of hydrazine groups is 1. The van der Waals surface area contributed by atoms with Crippen molar-refractivity contribution in [3.63, 3.8) is 0 Å². The van der Waals surface area contributed by atoms with Gasteiger partial charge in [-0.25, -0.2) is 9.82 Å². The monoisotopic (exact) mass is 278 g/mol. The number of benzene rings is 2. The van der Waals surface area contributed by atoms with Gasteiger partial charge in [0, 0.05) is 5.02 Å². The summed E-state index contributed by atoms with van der Waals surface area (Å²) in [7, 11) is 0. The molecule has 0 saturated heterocycles. The van der Waals surface area contributed by atoms with E-state index in [1.807, 2.05) is 12.1 Å². The minimum Gasteiger partial charge on any atom is -0.271 e. The van der Waals surface area contributed by atoms with E-state index in [0.717, 1.165) is 17.5 Å². The van der Waals surface area contributed by atoms with E-state index in [1.165, 1.54) is 17.7 Å². The van der Waals surface area contributed by atoms with E-state index >= 15 is 0 Å². The van der Waals surface area contributed by atoms with Crippen molar-refractivity contribution in [1.29, 1.82) is 0 Å². The van der Waals surface area contributed by atoms with Crippen molar-refractivity contribution in [2.45, 2.75) is 19.4 Å². The Morgan fingerprint density at radius 3 is 2.42 bits per heavy atom. The molecule has 19 heavy (non-hydrogen) atoms. The van der Waals surface area contributed by atoms with Gasteiger partial charge >= 0.3 is 0 Å². The van der Waals surface area contributed by atoms with Crippen LogP contribution < -0.4 is 11.3 Å². The third-order valence-electron chi connectivity index (χ3n) is 3.16. The van der Waals surface area contributed by atoms with Crippen molar-refractivity contribution < 1.29 is 4.39 Å². The van der Waals surface area contributed by atoms with Crippen LogP contribution in [-0.4, -0.2) is 0 Å². The van der Waals surface area contributed by atoms with Gasteiger partial charge in [-0.05, 0) is 35.2 Å². The van der Waals surface area contributed by atoms with Crippen LogP contribution in [0.1, 0.15) is 29.7 Å². The number of hydrogen-bond donors (Lipinski definition) is 2. The van der Waals surface area contributed by atoms with Crippen LogP contribution in [0.2, 0.25) is 5.02 Å². The van der Waals surface area contributed by atoms with Crippen LogP contribution in [0.25, 0.3) is 0 Å². The predicted molar refractivity (Wildman–Crippen MR) is 76.4 cm³/mol. The predicted octanol–water partition coefficient (Wildman–Crippen LogP) is 3.59. The second kappa shape index (κ2) is 6.15. The first kappa shape index (κ1) is 14.0. The Balaban J connectivity index is 2.37. The maximum atomic E-state index is 13.1. The molecule has 3 N–H and O–H groups in total. The lowest BCUT2D eigenvalue weighted by atomic mass is 9.98. The molecule has 0 amide bonds. The van der Waals surface area contributed by atoms with Crippen molar-refractivity contribution in [3.05, 3.63) is 70.0 Å². The Kier molecular flexibility index (Phi) is 4.53. The first-order valence-corrected chi connectivity index (χ1v) is 6.53. The van der Waals surface area contributed by atoms with Crippen LogP contribution in [0.5, 0.6) is 0 Å². The highest BCUT2D eigenvalue weighted by atomic mass is 35.5. The van der Waals surface area contributed by atoms with Gasteiger partial charge < -0.3 is 0 Å². The van der Waals surface area contributed by atoms with Crippen molar-refractivity contribution in [3.8, 4) is 0 Å². The first-order valence-electron chi connectivity index (χ1n) is 6.15. The molecule has 0 saturated carbocycles. The van der Waals surface area contributed by atoms with Crippen molar-refractivity contribution in [2.24, 2.45) is 5.84 Å². The minimum absolute atomic E-state index is 0.251.